The average molecular weight is 574 g/mol. The van der Waals surface area contributed by atoms with Gasteiger partial charge in [-0.05, 0) is 49.8 Å². The first-order chi connectivity index (χ1) is 19.6. The molecule has 3 aliphatic rings. The van der Waals surface area contributed by atoms with Crippen LogP contribution < -0.4 is 9.47 Å². The van der Waals surface area contributed by atoms with Crippen LogP contribution in [0.3, 0.4) is 0 Å². The lowest BCUT2D eigenvalue weighted by Crippen LogP contribution is -2.46. The minimum absolute atomic E-state index is 0.0569. The fourth-order valence-corrected chi connectivity index (χ4v) is 6.44. The fraction of sp³-hybridized carbons (Fsp3) is 0.710. The quantitative estimate of drug-likeness (QED) is 0.254. The third-order valence-corrected chi connectivity index (χ3v) is 8.70. The predicted molar refractivity (Wildman–Crippen MR) is 156 cm³/mol. The molecule has 41 heavy (non-hydrogen) atoms. The molecule has 3 heterocycles. The van der Waals surface area contributed by atoms with E-state index in [1.807, 2.05) is 28.0 Å². The Labute approximate surface area is 244 Å². The van der Waals surface area contributed by atoms with Crippen LogP contribution in [-0.2, 0) is 14.4 Å². The van der Waals surface area contributed by atoms with Crippen molar-refractivity contribution in [2.75, 3.05) is 73.7 Å². The third-order valence-electron chi connectivity index (χ3n) is 8.70. The summed E-state index contributed by atoms with van der Waals surface area (Å²) in [5, 5.41) is 10.5. The summed E-state index contributed by atoms with van der Waals surface area (Å²) in [6.45, 7) is 6.64. The Kier molecular flexibility index (Phi) is 10.5. The highest BCUT2D eigenvalue weighted by molar-refractivity contribution is 5.79. The molecule has 0 spiro atoms. The molecule has 228 valence electrons. The molecule has 10 heteroatoms. The SMILES string of the molecule is CCCCN(CCCC[N+](C)(C)C)C(=O)CN1C[C@H](c2ccc3c(c2)OCO3)[C@H](C(=O)O)[C@H]1CCN1CCCC1=O. The van der Waals surface area contributed by atoms with E-state index in [0.717, 1.165) is 48.7 Å². The lowest BCUT2D eigenvalue weighted by molar-refractivity contribution is -0.870. The number of unbranched alkanes of at least 4 members (excludes halogenated alkanes) is 2. The molecule has 0 bridgehead atoms. The minimum Gasteiger partial charge on any atom is -0.481 e. The number of carbonyl (C=O) groups is 3. The second kappa shape index (κ2) is 13.9. The summed E-state index contributed by atoms with van der Waals surface area (Å²) in [5.74, 6) is -0.404. The molecule has 0 unspecified atom stereocenters. The number of hydrogen-bond acceptors (Lipinski definition) is 6. The van der Waals surface area contributed by atoms with Crippen LogP contribution in [0.2, 0.25) is 0 Å². The molecule has 3 aliphatic heterocycles. The first-order valence-corrected chi connectivity index (χ1v) is 15.3. The lowest BCUT2D eigenvalue weighted by atomic mass is 9.84. The molecule has 10 nitrogen and oxygen atoms in total. The highest BCUT2D eigenvalue weighted by Gasteiger charge is 2.47. The van der Waals surface area contributed by atoms with Crippen LogP contribution in [0.1, 0.15) is 63.4 Å². The van der Waals surface area contributed by atoms with Crippen LogP contribution in [0.4, 0.5) is 0 Å². The van der Waals surface area contributed by atoms with E-state index in [2.05, 4.69) is 33.0 Å². The zero-order valence-corrected chi connectivity index (χ0v) is 25.3. The van der Waals surface area contributed by atoms with Crippen molar-refractivity contribution in [3.05, 3.63) is 23.8 Å². The largest absolute Gasteiger partial charge is 0.481 e. The van der Waals surface area contributed by atoms with Gasteiger partial charge in [0.05, 0.1) is 40.2 Å². The Morgan fingerprint density at radius 2 is 1.85 bits per heavy atom. The number of amides is 2. The molecule has 0 saturated carbocycles. The maximum Gasteiger partial charge on any atom is 0.308 e. The molecule has 0 aromatic heterocycles. The Morgan fingerprint density at radius 1 is 1.10 bits per heavy atom. The first-order valence-electron chi connectivity index (χ1n) is 15.3. The molecule has 3 atom stereocenters. The summed E-state index contributed by atoms with van der Waals surface area (Å²) >= 11 is 0. The normalized spacial score (nSPS) is 22.5. The summed E-state index contributed by atoms with van der Waals surface area (Å²) in [6, 6.07) is 5.29. The van der Waals surface area contributed by atoms with Gasteiger partial charge in [-0.1, -0.05) is 19.4 Å². The van der Waals surface area contributed by atoms with Crippen molar-refractivity contribution in [2.24, 2.45) is 5.92 Å². The Bertz CT molecular complexity index is 1070. The number of ether oxygens (including phenoxy) is 2. The zero-order chi connectivity index (χ0) is 29.6. The van der Waals surface area contributed by atoms with E-state index in [4.69, 9.17) is 9.47 Å². The van der Waals surface area contributed by atoms with Crippen molar-refractivity contribution in [3.63, 3.8) is 0 Å². The number of fused-ring (bicyclic) bond motifs is 1. The molecular formula is C31H49N4O6+. The van der Waals surface area contributed by atoms with E-state index in [-0.39, 0.29) is 37.1 Å². The molecular weight excluding hydrogens is 524 g/mol. The van der Waals surface area contributed by atoms with Crippen LogP contribution in [0.15, 0.2) is 18.2 Å². The van der Waals surface area contributed by atoms with Crippen molar-refractivity contribution in [2.45, 2.75) is 63.8 Å². The maximum atomic E-state index is 13.8. The molecule has 2 amide bonds. The van der Waals surface area contributed by atoms with E-state index < -0.39 is 11.9 Å². The third kappa shape index (κ3) is 8.13. The Hall–Kier alpha value is -2.85. The van der Waals surface area contributed by atoms with Crippen molar-refractivity contribution in [3.8, 4) is 11.5 Å². The molecule has 2 fully saturated rings. The van der Waals surface area contributed by atoms with Crippen LogP contribution in [-0.4, -0.2) is 122 Å². The molecule has 2 saturated heterocycles. The summed E-state index contributed by atoms with van der Waals surface area (Å²) in [4.78, 5) is 44.8. The summed E-state index contributed by atoms with van der Waals surface area (Å²) in [5.41, 5.74) is 0.877. The number of carboxylic acid groups (broad SMARTS) is 1. The van der Waals surface area contributed by atoms with Crippen LogP contribution in [0, 0.1) is 5.92 Å². The summed E-state index contributed by atoms with van der Waals surface area (Å²) < 4.78 is 12.0. The van der Waals surface area contributed by atoms with Crippen molar-refractivity contribution in [1.82, 2.24) is 14.7 Å². The minimum atomic E-state index is -0.872. The van der Waals surface area contributed by atoms with E-state index in [1.165, 1.54) is 0 Å². The number of carbonyl (C=O) groups excluding carboxylic acids is 2. The van der Waals surface area contributed by atoms with E-state index in [0.29, 0.717) is 57.1 Å². The molecule has 4 rings (SSSR count). The monoisotopic (exact) mass is 573 g/mol. The van der Waals surface area contributed by atoms with Gasteiger partial charge in [-0.2, -0.15) is 0 Å². The van der Waals surface area contributed by atoms with Gasteiger partial charge in [-0.3, -0.25) is 19.3 Å². The Balaban J connectivity index is 1.52. The zero-order valence-electron chi connectivity index (χ0n) is 25.3. The van der Waals surface area contributed by atoms with Gasteiger partial charge in [0.2, 0.25) is 18.6 Å². The highest BCUT2D eigenvalue weighted by atomic mass is 16.7. The molecule has 1 aromatic rings. The van der Waals surface area contributed by atoms with Gasteiger partial charge >= 0.3 is 5.97 Å². The number of carboxylic acids is 1. The van der Waals surface area contributed by atoms with E-state index in [9.17, 15) is 19.5 Å². The number of nitrogens with zero attached hydrogens (tertiary/aromatic N) is 4. The smallest absolute Gasteiger partial charge is 0.308 e. The van der Waals surface area contributed by atoms with Gasteiger partial charge < -0.3 is 28.9 Å². The molecule has 1 aromatic carbocycles. The fourth-order valence-electron chi connectivity index (χ4n) is 6.44. The summed E-state index contributed by atoms with van der Waals surface area (Å²) in [6.07, 6.45) is 5.86. The number of quaternary nitrogens is 1. The maximum absolute atomic E-state index is 13.8. The molecule has 0 radical (unpaired) electrons. The number of benzene rings is 1. The summed E-state index contributed by atoms with van der Waals surface area (Å²) in [7, 11) is 6.54. The lowest BCUT2D eigenvalue weighted by Gasteiger charge is -2.31. The van der Waals surface area contributed by atoms with Crippen molar-refractivity contribution >= 4 is 17.8 Å². The van der Waals surface area contributed by atoms with Gasteiger partial charge in [-0.25, -0.2) is 0 Å². The second-order valence-electron chi connectivity index (χ2n) is 12.8. The van der Waals surface area contributed by atoms with E-state index >= 15 is 0 Å². The molecule has 0 aliphatic carbocycles. The van der Waals surface area contributed by atoms with Gasteiger partial charge in [0.1, 0.15) is 0 Å². The number of aliphatic carboxylic acids is 1. The van der Waals surface area contributed by atoms with Gasteiger partial charge in [0, 0.05) is 51.1 Å². The van der Waals surface area contributed by atoms with Crippen molar-refractivity contribution in [1.29, 1.82) is 0 Å². The van der Waals surface area contributed by atoms with Gasteiger partial charge in [-0.15, -0.1) is 0 Å². The first kappa shape index (κ1) is 31.1. The van der Waals surface area contributed by atoms with Gasteiger partial charge in [0.25, 0.3) is 0 Å². The van der Waals surface area contributed by atoms with Crippen LogP contribution in [0.5, 0.6) is 11.5 Å². The van der Waals surface area contributed by atoms with Gasteiger partial charge in [0.15, 0.2) is 11.5 Å². The number of rotatable bonds is 15. The second-order valence-corrected chi connectivity index (χ2v) is 12.8. The standard InChI is InChI=1S/C31H48N4O6/c1-5-6-14-32(15-7-8-18-35(2,3)4)29(37)21-34-20-24(23-11-12-26-27(19-23)41-22-40-26)30(31(38)39)25(34)13-17-33-16-9-10-28(33)36/h11-12,19,24-25,30H,5-10,13-18,20-22H2,1-4H3/p+1/t24-,25-,30+/m1/s1. The number of hydrogen-bond donors (Lipinski definition) is 1. The molecule has 1 N–H and O–H groups in total. The topological polar surface area (TPSA) is 99.6 Å². The van der Waals surface area contributed by atoms with E-state index in [1.54, 1.807) is 0 Å². The van der Waals surface area contributed by atoms with Crippen LogP contribution >= 0.6 is 0 Å². The number of likely N-dealkylation sites (tertiary alicyclic amines) is 2. The Morgan fingerprint density at radius 3 is 2.54 bits per heavy atom. The van der Waals surface area contributed by atoms with Crippen LogP contribution in [0.25, 0.3) is 0 Å². The predicted octanol–water partition coefficient (Wildman–Crippen LogP) is 3.01. The average Bonchev–Trinajstić information content (AvgIpc) is 3.64. The highest BCUT2D eigenvalue weighted by Crippen LogP contribution is 2.42. The van der Waals surface area contributed by atoms with Crippen molar-refractivity contribution < 1.29 is 33.4 Å².